The smallest absolute Gasteiger partial charge is 0.249 e. The van der Waals surface area contributed by atoms with Crippen LogP contribution in [-0.4, -0.2) is 31.0 Å². The van der Waals surface area contributed by atoms with E-state index in [0.29, 0.717) is 26.0 Å². The Balaban J connectivity index is 1.93. The fraction of sp³-hybridized carbons (Fsp3) is 0.429. The van der Waals surface area contributed by atoms with Crippen molar-refractivity contribution in [2.45, 2.75) is 25.8 Å². The van der Waals surface area contributed by atoms with E-state index in [1.165, 1.54) is 0 Å². The largest absolute Gasteiger partial charge is 0.489 e. The molecule has 1 saturated heterocycles. The van der Waals surface area contributed by atoms with Gasteiger partial charge in [0.2, 0.25) is 11.8 Å². The number of hydrogen-bond donors (Lipinski definition) is 1. The molecule has 1 N–H and O–H groups in total. The molecule has 1 fully saturated rings. The van der Waals surface area contributed by atoms with E-state index in [-0.39, 0.29) is 17.9 Å². The van der Waals surface area contributed by atoms with E-state index >= 15 is 0 Å². The van der Waals surface area contributed by atoms with Gasteiger partial charge in [-0.25, -0.2) is 0 Å². The van der Waals surface area contributed by atoms with Crippen LogP contribution in [0.1, 0.15) is 18.4 Å². The van der Waals surface area contributed by atoms with Gasteiger partial charge < -0.3 is 9.64 Å². The van der Waals surface area contributed by atoms with E-state index in [1.807, 2.05) is 30.0 Å². The van der Waals surface area contributed by atoms with E-state index < -0.39 is 0 Å². The second-order valence-electron chi connectivity index (χ2n) is 4.93. The van der Waals surface area contributed by atoms with Crippen LogP contribution in [0.5, 0.6) is 5.75 Å². The number of anilines is 1. The number of rotatable bonds is 1. The molecule has 2 amide bonds. The summed E-state index contributed by atoms with van der Waals surface area (Å²) >= 11 is 0. The van der Waals surface area contributed by atoms with Crippen molar-refractivity contribution >= 4 is 17.5 Å². The number of hydrogen-bond acceptors (Lipinski definition) is 4. The molecule has 2 aliphatic heterocycles. The molecule has 19 heavy (non-hydrogen) atoms. The van der Waals surface area contributed by atoms with Crippen LogP contribution in [-0.2, 0) is 9.59 Å². The molecular formula is C14H16N2O3. The van der Waals surface area contributed by atoms with E-state index in [0.717, 1.165) is 17.0 Å². The highest BCUT2D eigenvalue weighted by molar-refractivity contribution is 6.01. The number of amides is 2. The molecule has 5 heteroatoms. The normalized spacial score (nSPS) is 22.6. The minimum atomic E-state index is -0.276. The molecule has 0 aromatic heterocycles. The highest BCUT2D eigenvalue weighted by Gasteiger charge is 2.34. The first-order valence-corrected chi connectivity index (χ1v) is 6.49. The third kappa shape index (κ3) is 2.05. The molecule has 2 aliphatic rings. The molecule has 0 spiro atoms. The number of para-hydroxylation sites is 1. The molecule has 3 rings (SSSR count). The summed E-state index contributed by atoms with van der Waals surface area (Å²) in [4.78, 5) is 25.3. The highest BCUT2D eigenvalue weighted by Crippen LogP contribution is 2.36. The SMILES string of the molecule is Cc1cccc2c1OCCN2[C@@H]1CCC(=O)NC1=O. The van der Waals surface area contributed by atoms with Crippen LogP contribution in [0, 0.1) is 6.92 Å². The number of aryl methyl sites for hydroxylation is 1. The third-order valence-corrected chi connectivity index (χ3v) is 3.67. The maximum absolute atomic E-state index is 12.0. The summed E-state index contributed by atoms with van der Waals surface area (Å²) in [6.07, 6.45) is 0.965. The fourth-order valence-electron chi connectivity index (χ4n) is 2.72. The number of carbonyl (C=O) groups excluding carboxylic acids is 2. The number of benzene rings is 1. The highest BCUT2D eigenvalue weighted by atomic mass is 16.5. The fourth-order valence-corrected chi connectivity index (χ4v) is 2.72. The molecule has 0 unspecified atom stereocenters. The molecule has 1 aromatic carbocycles. The first kappa shape index (κ1) is 12.0. The van der Waals surface area contributed by atoms with Crippen molar-refractivity contribution < 1.29 is 14.3 Å². The maximum Gasteiger partial charge on any atom is 0.249 e. The van der Waals surface area contributed by atoms with Crippen molar-refractivity contribution in [2.24, 2.45) is 0 Å². The van der Waals surface area contributed by atoms with Gasteiger partial charge in [-0.2, -0.15) is 0 Å². The Morgan fingerprint density at radius 3 is 3.00 bits per heavy atom. The topological polar surface area (TPSA) is 58.6 Å². The lowest BCUT2D eigenvalue weighted by molar-refractivity contribution is -0.134. The van der Waals surface area contributed by atoms with E-state index in [1.54, 1.807) is 0 Å². The summed E-state index contributed by atoms with van der Waals surface area (Å²) in [6.45, 7) is 3.23. The monoisotopic (exact) mass is 260 g/mol. The van der Waals surface area contributed by atoms with Crippen LogP contribution in [0.4, 0.5) is 5.69 Å². The second-order valence-corrected chi connectivity index (χ2v) is 4.93. The number of carbonyl (C=O) groups is 2. The molecule has 100 valence electrons. The maximum atomic E-state index is 12.0. The zero-order valence-corrected chi connectivity index (χ0v) is 10.8. The molecule has 2 heterocycles. The Morgan fingerprint density at radius 2 is 2.21 bits per heavy atom. The van der Waals surface area contributed by atoms with Gasteiger partial charge in [0.25, 0.3) is 0 Å². The van der Waals surface area contributed by atoms with E-state index in [4.69, 9.17) is 4.74 Å². The van der Waals surface area contributed by atoms with Gasteiger partial charge in [-0.05, 0) is 25.0 Å². The average Bonchev–Trinajstić information content (AvgIpc) is 2.39. The summed E-state index contributed by atoms with van der Waals surface area (Å²) in [5, 5.41) is 2.41. The van der Waals surface area contributed by atoms with Crippen molar-refractivity contribution in [1.82, 2.24) is 5.32 Å². The van der Waals surface area contributed by atoms with Crippen molar-refractivity contribution in [3.63, 3.8) is 0 Å². The minimum Gasteiger partial charge on any atom is -0.489 e. The molecule has 1 atom stereocenters. The lowest BCUT2D eigenvalue weighted by Crippen LogP contribution is -2.54. The molecule has 1 aromatic rings. The van der Waals surface area contributed by atoms with E-state index in [9.17, 15) is 9.59 Å². The summed E-state index contributed by atoms with van der Waals surface area (Å²) in [5.74, 6) is 0.461. The molecule has 0 saturated carbocycles. The Bertz CT molecular complexity index is 541. The molecule has 0 aliphatic carbocycles. The second kappa shape index (κ2) is 4.57. The lowest BCUT2D eigenvalue weighted by atomic mass is 10.0. The number of imide groups is 1. The molecule has 5 nitrogen and oxygen atoms in total. The average molecular weight is 260 g/mol. The van der Waals surface area contributed by atoms with Crippen molar-refractivity contribution in [3.05, 3.63) is 23.8 Å². The van der Waals surface area contributed by atoms with Gasteiger partial charge in [0, 0.05) is 6.42 Å². The van der Waals surface area contributed by atoms with E-state index in [2.05, 4.69) is 5.32 Å². The minimum absolute atomic E-state index is 0.182. The van der Waals surface area contributed by atoms with Crippen LogP contribution in [0.3, 0.4) is 0 Å². The van der Waals surface area contributed by atoms with Gasteiger partial charge in [-0.15, -0.1) is 0 Å². The van der Waals surface area contributed by atoms with Crippen LogP contribution in [0.2, 0.25) is 0 Å². The standard InChI is InChI=1S/C14H16N2O3/c1-9-3-2-4-10-13(9)19-8-7-16(10)11-5-6-12(17)15-14(11)18/h2-4,11H,5-8H2,1H3,(H,15,17,18)/t11-/m1/s1. The Labute approximate surface area is 111 Å². The molecule has 0 bridgehead atoms. The predicted molar refractivity (Wildman–Crippen MR) is 70.2 cm³/mol. The van der Waals surface area contributed by atoms with Crippen LogP contribution >= 0.6 is 0 Å². The first-order valence-electron chi connectivity index (χ1n) is 6.49. The first-order chi connectivity index (χ1) is 9.16. The summed E-state index contributed by atoms with van der Waals surface area (Å²) in [7, 11) is 0. The van der Waals surface area contributed by atoms with Crippen molar-refractivity contribution in [3.8, 4) is 5.75 Å². The predicted octanol–water partition coefficient (Wildman–Crippen LogP) is 0.999. The third-order valence-electron chi connectivity index (χ3n) is 3.67. The van der Waals surface area contributed by atoms with Crippen LogP contribution in [0.15, 0.2) is 18.2 Å². The quantitative estimate of drug-likeness (QED) is 0.765. The zero-order valence-electron chi connectivity index (χ0n) is 10.8. The number of piperidine rings is 1. The van der Waals surface area contributed by atoms with Crippen LogP contribution < -0.4 is 15.0 Å². The Morgan fingerprint density at radius 1 is 1.37 bits per heavy atom. The summed E-state index contributed by atoms with van der Waals surface area (Å²) in [6, 6.07) is 5.64. The van der Waals surface area contributed by atoms with Crippen molar-refractivity contribution in [1.29, 1.82) is 0 Å². The summed E-state index contributed by atoms with van der Waals surface area (Å²) < 4.78 is 5.69. The number of fused-ring (bicyclic) bond motifs is 1. The molecular weight excluding hydrogens is 244 g/mol. The summed E-state index contributed by atoms with van der Waals surface area (Å²) in [5.41, 5.74) is 2.01. The number of nitrogens with zero attached hydrogens (tertiary/aromatic N) is 1. The lowest BCUT2D eigenvalue weighted by Gasteiger charge is -2.38. The molecule has 0 radical (unpaired) electrons. The number of nitrogens with one attached hydrogen (secondary N) is 1. The van der Waals surface area contributed by atoms with Gasteiger partial charge in [0.1, 0.15) is 18.4 Å². The Hall–Kier alpha value is -2.04. The van der Waals surface area contributed by atoms with Gasteiger partial charge in [-0.3, -0.25) is 14.9 Å². The van der Waals surface area contributed by atoms with Gasteiger partial charge in [0.05, 0.1) is 12.2 Å². The van der Waals surface area contributed by atoms with Crippen molar-refractivity contribution in [2.75, 3.05) is 18.1 Å². The van der Waals surface area contributed by atoms with Gasteiger partial charge in [0.15, 0.2) is 0 Å². The van der Waals surface area contributed by atoms with Gasteiger partial charge >= 0.3 is 0 Å². The Kier molecular flexibility index (Phi) is 2.89. The van der Waals surface area contributed by atoms with Crippen LogP contribution in [0.25, 0.3) is 0 Å². The zero-order chi connectivity index (χ0) is 13.4. The van der Waals surface area contributed by atoms with Gasteiger partial charge in [-0.1, -0.05) is 12.1 Å². The number of ether oxygens (including phenoxy) is 1.